The first-order valence-electron chi connectivity index (χ1n) is 5.86. The third-order valence-electron chi connectivity index (χ3n) is 3.32. The summed E-state index contributed by atoms with van der Waals surface area (Å²) >= 11 is 0. The van der Waals surface area contributed by atoms with Gasteiger partial charge in [0.05, 0.1) is 6.42 Å². The van der Waals surface area contributed by atoms with Crippen LogP contribution in [0, 0.1) is 11.3 Å². The molecule has 1 aliphatic rings. The maximum atomic E-state index is 10.5. The summed E-state index contributed by atoms with van der Waals surface area (Å²) in [5.41, 5.74) is 6.01. The summed E-state index contributed by atoms with van der Waals surface area (Å²) in [7, 11) is 0. The van der Waals surface area contributed by atoms with Gasteiger partial charge in [-0.05, 0) is 24.2 Å². The number of carboxylic acid groups (broad SMARTS) is 1. The number of hydrogen-bond acceptors (Lipinski definition) is 2. The molecule has 0 aliphatic heterocycles. The fraction of sp³-hybridized carbons (Fsp3) is 0.917. The molecule has 0 saturated heterocycles. The van der Waals surface area contributed by atoms with Gasteiger partial charge < -0.3 is 10.8 Å². The van der Waals surface area contributed by atoms with Crippen LogP contribution in [0.2, 0.25) is 0 Å². The molecular formula is C12H23NO2. The fourth-order valence-corrected chi connectivity index (χ4v) is 2.57. The van der Waals surface area contributed by atoms with E-state index in [4.69, 9.17) is 10.8 Å². The molecule has 0 radical (unpaired) electrons. The van der Waals surface area contributed by atoms with E-state index in [2.05, 4.69) is 13.8 Å². The number of aliphatic carboxylic acids is 1. The molecule has 0 aromatic rings. The van der Waals surface area contributed by atoms with Gasteiger partial charge in [0, 0.05) is 6.04 Å². The molecule has 1 rings (SSSR count). The van der Waals surface area contributed by atoms with Crippen molar-refractivity contribution in [3.05, 3.63) is 0 Å². The second-order valence-corrected chi connectivity index (χ2v) is 5.73. The lowest BCUT2D eigenvalue weighted by atomic mass is 9.71. The summed E-state index contributed by atoms with van der Waals surface area (Å²) in [6.45, 7) is 4.40. The zero-order valence-electron chi connectivity index (χ0n) is 9.83. The van der Waals surface area contributed by atoms with Crippen molar-refractivity contribution in [2.75, 3.05) is 0 Å². The van der Waals surface area contributed by atoms with Crippen LogP contribution in [0.15, 0.2) is 0 Å². The van der Waals surface area contributed by atoms with Crippen LogP contribution in [0.1, 0.15) is 52.4 Å². The topological polar surface area (TPSA) is 63.3 Å². The number of nitrogens with two attached hydrogens (primary N) is 1. The SMILES string of the molecule is CC(C)(CC(N)CC(=O)O)CC1CCC1. The van der Waals surface area contributed by atoms with Crippen molar-refractivity contribution in [3.8, 4) is 0 Å². The van der Waals surface area contributed by atoms with Gasteiger partial charge in [0.25, 0.3) is 0 Å². The Labute approximate surface area is 92.0 Å². The van der Waals surface area contributed by atoms with Gasteiger partial charge in [-0.15, -0.1) is 0 Å². The van der Waals surface area contributed by atoms with Gasteiger partial charge in [0.15, 0.2) is 0 Å². The summed E-state index contributed by atoms with van der Waals surface area (Å²) in [5.74, 6) is 0.0685. The van der Waals surface area contributed by atoms with Crippen molar-refractivity contribution < 1.29 is 9.90 Å². The molecule has 1 unspecified atom stereocenters. The molecule has 3 N–H and O–H groups in total. The van der Waals surface area contributed by atoms with Gasteiger partial charge >= 0.3 is 5.97 Å². The molecule has 0 aromatic heterocycles. The summed E-state index contributed by atoms with van der Waals surface area (Å²) in [6.07, 6.45) is 6.15. The quantitative estimate of drug-likeness (QED) is 0.712. The smallest absolute Gasteiger partial charge is 0.304 e. The Kier molecular flexibility index (Phi) is 4.14. The first-order chi connectivity index (χ1) is 6.89. The predicted molar refractivity (Wildman–Crippen MR) is 60.6 cm³/mol. The highest BCUT2D eigenvalue weighted by molar-refractivity contribution is 5.67. The maximum Gasteiger partial charge on any atom is 0.304 e. The van der Waals surface area contributed by atoms with Gasteiger partial charge in [-0.2, -0.15) is 0 Å². The summed E-state index contributed by atoms with van der Waals surface area (Å²) in [6, 6.07) is -0.197. The Morgan fingerprint density at radius 3 is 2.53 bits per heavy atom. The molecular weight excluding hydrogens is 190 g/mol. The molecule has 0 spiro atoms. The molecule has 0 heterocycles. The lowest BCUT2D eigenvalue weighted by Gasteiger charge is -2.35. The minimum Gasteiger partial charge on any atom is -0.481 e. The number of hydrogen-bond donors (Lipinski definition) is 2. The summed E-state index contributed by atoms with van der Waals surface area (Å²) < 4.78 is 0. The predicted octanol–water partition coefficient (Wildman–Crippen LogP) is 2.39. The van der Waals surface area contributed by atoms with E-state index in [1.54, 1.807) is 0 Å². The van der Waals surface area contributed by atoms with E-state index in [1.165, 1.54) is 25.7 Å². The Morgan fingerprint density at radius 2 is 2.13 bits per heavy atom. The van der Waals surface area contributed by atoms with E-state index in [1.807, 2.05) is 0 Å². The molecule has 3 nitrogen and oxygen atoms in total. The number of rotatable bonds is 6. The van der Waals surface area contributed by atoms with Gasteiger partial charge in [-0.25, -0.2) is 0 Å². The molecule has 1 aliphatic carbocycles. The van der Waals surface area contributed by atoms with Crippen molar-refractivity contribution in [3.63, 3.8) is 0 Å². The highest BCUT2D eigenvalue weighted by Gasteiger charge is 2.29. The highest BCUT2D eigenvalue weighted by atomic mass is 16.4. The largest absolute Gasteiger partial charge is 0.481 e. The maximum absolute atomic E-state index is 10.5. The standard InChI is InChI=1S/C12H23NO2/c1-12(2,7-9-4-3-5-9)8-10(13)6-11(14)15/h9-10H,3-8,13H2,1-2H3,(H,14,15). The van der Waals surface area contributed by atoms with Crippen LogP contribution in [-0.2, 0) is 4.79 Å². The summed E-state index contributed by atoms with van der Waals surface area (Å²) in [5, 5.41) is 8.64. The van der Waals surface area contributed by atoms with Gasteiger partial charge in [-0.3, -0.25) is 4.79 Å². The van der Waals surface area contributed by atoms with Crippen LogP contribution in [0.5, 0.6) is 0 Å². The monoisotopic (exact) mass is 213 g/mol. The highest BCUT2D eigenvalue weighted by Crippen LogP contribution is 2.39. The van der Waals surface area contributed by atoms with Crippen molar-refractivity contribution in [2.45, 2.75) is 58.4 Å². The third kappa shape index (κ3) is 4.65. The van der Waals surface area contributed by atoms with Crippen LogP contribution < -0.4 is 5.73 Å². The molecule has 1 atom stereocenters. The third-order valence-corrected chi connectivity index (χ3v) is 3.32. The fourth-order valence-electron chi connectivity index (χ4n) is 2.57. The lowest BCUT2D eigenvalue weighted by molar-refractivity contribution is -0.137. The van der Waals surface area contributed by atoms with Crippen molar-refractivity contribution in [1.29, 1.82) is 0 Å². The Morgan fingerprint density at radius 1 is 1.53 bits per heavy atom. The van der Waals surface area contributed by atoms with E-state index in [-0.39, 0.29) is 17.9 Å². The van der Waals surface area contributed by atoms with E-state index < -0.39 is 5.97 Å². The Balaban J connectivity index is 2.29. The van der Waals surface area contributed by atoms with Crippen LogP contribution >= 0.6 is 0 Å². The molecule has 0 bridgehead atoms. The minimum absolute atomic E-state index is 0.0914. The molecule has 1 fully saturated rings. The minimum atomic E-state index is -0.790. The van der Waals surface area contributed by atoms with Crippen molar-refractivity contribution in [1.82, 2.24) is 0 Å². The van der Waals surface area contributed by atoms with Crippen LogP contribution in [0.25, 0.3) is 0 Å². The van der Waals surface area contributed by atoms with E-state index in [0.717, 1.165) is 12.3 Å². The zero-order valence-corrected chi connectivity index (χ0v) is 9.83. The first-order valence-corrected chi connectivity index (χ1v) is 5.86. The van der Waals surface area contributed by atoms with E-state index in [0.29, 0.717) is 0 Å². The Hall–Kier alpha value is -0.570. The number of carbonyl (C=O) groups is 1. The van der Waals surface area contributed by atoms with Crippen LogP contribution in [0.3, 0.4) is 0 Å². The van der Waals surface area contributed by atoms with Crippen LogP contribution in [0.4, 0.5) is 0 Å². The molecule has 0 amide bonds. The Bertz CT molecular complexity index is 222. The molecule has 15 heavy (non-hydrogen) atoms. The molecule has 0 aromatic carbocycles. The van der Waals surface area contributed by atoms with Gasteiger partial charge in [0.1, 0.15) is 0 Å². The van der Waals surface area contributed by atoms with E-state index in [9.17, 15) is 4.79 Å². The molecule has 88 valence electrons. The molecule has 3 heteroatoms. The zero-order chi connectivity index (χ0) is 11.5. The van der Waals surface area contributed by atoms with Gasteiger partial charge in [0.2, 0.25) is 0 Å². The molecule has 1 saturated carbocycles. The van der Waals surface area contributed by atoms with Gasteiger partial charge in [-0.1, -0.05) is 33.1 Å². The normalized spacial score (nSPS) is 19.7. The summed E-state index contributed by atoms with van der Waals surface area (Å²) in [4.78, 5) is 10.5. The second-order valence-electron chi connectivity index (χ2n) is 5.73. The number of carboxylic acids is 1. The van der Waals surface area contributed by atoms with Crippen LogP contribution in [-0.4, -0.2) is 17.1 Å². The average molecular weight is 213 g/mol. The lowest BCUT2D eigenvalue weighted by Crippen LogP contribution is -2.32. The second kappa shape index (κ2) is 4.97. The van der Waals surface area contributed by atoms with E-state index >= 15 is 0 Å². The van der Waals surface area contributed by atoms with Crippen molar-refractivity contribution >= 4 is 5.97 Å². The van der Waals surface area contributed by atoms with Crippen molar-refractivity contribution in [2.24, 2.45) is 17.1 Å². The average Bonchev–Trinajstić information content (AvgIpc) is 1.94. The first kappa shape index (κ1) is 12.5.